The van der Waals surface area contributed by atoms with Crippen LogP contribution in [-0.4, -0.2) is 0 Å². The number of hydrogen-bond acceptors (Lipinski definition) is 0. The van der Waals surface area contributed by atoms with Gasteiger partial charge < -0.3 is 0 Å². The van der Waals surface area contributed by atoms with Gasteiger partial charge in [-0.3, -0.25) is 0 Å². The molecule has 0 fully saturated rings. The van der Waals surface area contributed by atoms with Crippen molar-refractivity contribution >= 4 is 55.2 Å². The predicted octanol–water partition coefficient (Wildman–Crippen LogP) is 12.1. The molecule has 202 valence electrons. The van der Waals surface area contributed by atoms with Gasteiger partial charge in [-0.25, -0.2) is 0 Å². The summed E-state index contributed by atoms with van der Waals surface area (Å²) in [7, 11) is 0. The molecule has 0 heteroatoms. The second-order valence-corrected chi connectivity index (χ2v) is 11.4. The van der Waals surface area contributed by atoms with E-state index in [1.54, 1.807) is 0 Å². The quantitative estimate of drug-likeness (QED) is 0.152. The van der Waals surface area contributed by atoms with E-state index in [4.69, 9.17) is 0 Å². The van der Waals surface area contributed by atoms with Gasteiger partial charge in [0.15, 0.2) is 0 Å². The first-order valence-corrected chi connectivity index (χ1v) is 14.9. The van der Waals surface area contributed by atoms with Crippen LogP contribution in [0, 0.1) is 6.92 Å². The molecule has 8 aromatic rings. The second kappa shape index (κ2) is 10.4. The summed E-state index contributed by atoms with van der Waals surface area (Å²) >= 11 is 0. The van der Waals surface area contributed by atoms with Crippen LogP contribution in [0.5, 0.6) is 0 Å². The largest absolute Gasteiger partial charge is 0.0622 e. The fraction of sp³-hybridized carbons (Fsp3) is 0.0233. The number of rotatable bonds is 4. The molecule has 0 saturated carbocycles. The highest BCUT2D eigenvalue weighted by Crippen LogP contribution is 2.40. The molecule has 0 radical (unpaired) electrons. The van der Waals surface area contributed by atoms with Crippen LogP contribution in [0.15, 0.2) is 152 Å². The van der Waals surface area contributed by atoms with E-state index in [-0.39, 0.29) is 0 Å². The molecule has 0 spiro atoms. The van der Waals surface area contributed by atoms with Gasteiger partial charge in [-0.2, -0.15) is 0 Å². The normalized spacial score (nSPS) is 11.7. The molecular formula is C43H30. The van der Waals surface area contributed by atoms with E-state index in [9.17, 15) is 0 Å². The number of fused-ring (bicyclic) bond motifs is 5. The topological polar surface area (TPSA) is 0 Å². The molecule has 0 unspecified atom stereocenters. The zero-order valence-electron chi connectivity index (χ0n) is 24.1. The van der Waals surface area contributed by atoms with Gasteiger partial charge in [-0.05, 0) is 101 Å². The molecule has 0 saturated heterocycles. The highest BCUT2D eigenvalue weighted by atomic mass is 14.2. The molecule has 0 atom stereocenters. The van der Waals surface area contributed by atoms with Crippen LogP contribution >= 0.6 is 0 Å². The molecule has 0 aromatic heterocycles. The lowest BCUT2D eigenvalue weighted by atomic mass is 9.87. The van der Waals surface area contributed by atoms with E-state index in [1.165, 1.54) is 82.0 Å². The van der Waals surface area contributed by atoms with E-state index in [1.807, 2.05) is 0 Å². The third-order valence-corrected chi connectivity index (χ3v) is 8.87. The van der Waals surface area contributed by atoms with Crippen LogP contribution in [-0.2, 0) is 0 Å². The SMILES string of the molecule is Cc1c(/C=C/c2ccccc2)c2cc(-c3cccc4ccccc34)ccc2c2ccc(-c3cccc4ccccc34)cc12. The summed E-state index contributed by atoms with van der Waals surface area (Å²) in [6.07, 6.45) is 4.55. The van der Waals surface area contributed by atoms with Gasteiger partial charge in [-0.15, -0.1) is 0 Å². The van der Waals surface area contributed by atoms with Crippen molar-refractivity contribution in [3.05, 3.63) is 168 Å². The Morgan fingerprint density at radius 3 is 1.51 bits per heavy atom. The van der Waals surface area contributed by atoms with Crippen LogP contribution in [0.4, 0.5) is 0 Å². The molecule has 0 aliphatic rings. The van der Waals surface area contributed by atoms with Gasteiger partial charge in [0.25, 0.3) is 0 Å². The van der Waals surface area contributed by atoms with E-state index >= 15 is 0 Å². The van der Waals surface area contributed by atoms with Crippen LogP contribution in [0.1, 0.15) is 16.7 Å². The summed E-state index contributed by atoms with van der Waals surface area (Å²) in [4.78, 5) is 0. The lowest BCUT2D eigenvalue weighted by Crippen LogP contribution is -1.92. The Labute approximate surface area is 252 Å². The van der Waals surface area contributed by atoms with Gasteiger partial charge in [0.2, 0.25) is 0 Å². The van der Waals surface area contributed by atoms with Crippen molar-refractivity contribution in [2.45, 2.75) is 6.92 Å². The predicted molar refractivity (Wildman–Crippen MR) is 187 cm³/mol. The molecular weight excluding hydrogens is 516 g/mol. The first-order chi connectivity index (χ1) is 21.2. The monoisotopic (exact) mass is 546 g/mol. The zero-order valence-corrected chi connectivity index (χ0v) is 24.1. The summed E-state index contributed by atoms with van der Waals surface area (Å²) in [6.45, 7) is 2.28. The molecule has 0 bridgehead atoms. The van der Waals surface area contributed by atoms with Crippen molar-refractivity contribution in [1.82, 2.24) is 0 Å². The standard InChI is InChI=1S/C43H30/c1-29-35(24-21-30-11-3-2-4-12-30)43-28-34(39-20-10-16-32-14-6-8-18-37(32)39)23-26-41(43)40-25-22-33(27-42(29)40)38-19-9-15-31-13-5-7-17-36(31)38/h2-28H,1H3/b24-21+. The number of benzene rings is 8. The molecule has 0 amide bonds. The molecule has 0 nitrogen and oxygen atoms in total. The maximum Gasteiger partial charge on any atom is -0.00961 e. The van der Waals surface area contributed by atoms with Gasteiger partial charge in [0.05, 0.1) is 0 Å². The number of hydrogen-bond donors (Lipinski definition) is 0. The Kier molecular flexibility index (Phi) is 6.12. The van der Waals surface area contributed by atoms with Crippen LogP contribution in [0.2, 0.25) is 0 Å². The van der Waals surface area contributed by atoms with Crippen molar-refractivity contribution < 1.29 is 0 Å². The smallest absolute Gasteiger partial charge is 0.00961 e. The Balaban J connectivity index is 1.39. The van der Waals surface area contributed by atoms with Gasteiger partial charge in [-0.1, -0.05) is 152 Å². The van der Waals surface area contributed by atoms with Crippen molar-refractivity contribution in [2.75, 3.05) is 0 Å². The van der Waals surface area contributed by atoms with Crippen molar-refractivity contribution in [2.24, 2.45) is 0 Å². The first-order valence-electron chi connectivity index (χ1n) is 14.9. The van der Waals surface area contributed by atoms with Crippen molar-refractivity contribution in [3.63, 3.8) is 0 Å². The van der Waals surface area contributed by atoms with E-state index < -0.39 is 0 Å². The molecule has 8 rings (SSSR count). The Morgan fingerprint density at radius 2 is 0.884 bits per heavy atom. The van der Waals surface area contributed by atoms with Crippen LogP contribution in [0.25, 0.3) is 77.5 Å². The average molecular weight is 547 g/mol. The molecule has 43 heavy (non-hydrogen) atoms. The van der Waals surface area contributed by atoms with E-state index in [0.29, 0.717) is 0 Å². The minimum Gasteiger partial charge on any atom is -0.0622 e. The molecule has 0 heterocycles. The lowest BCUT2D eigenvalue weighted by Gasteiger charge is -2.16. The Morgan fingerprint density at radius 1 is 0.372 bits per heavy atom. The molecule has 8 aromatic carbocycles. The third-order valence-electron chi connectivity index (χ3n) is 8.87. The van der Waals surface area contributed by atoms with E-state index in [0.717, 1.165) is 0 Å². The minimum atomic E-state index is 1.20. The Hall–Kier alpha value is -5.46. The maximum atomic E-state index is 2.40. The molecule has 0 N–H and O–H groups in total. The molecule has 0 aliphatic heterocycles. The fourth-order valence-corrected chi connectivity index (χ4v) is 6.69. The Bertz CT molecular complexity index is 2330. The van der Waals surface area contributed by atoms with Gasteiger partial charge >= 0.3 is 0 Å². The lowest BCUT2D eigenvalue weighted by molar-refractivity contribution is 1.52. The maximum absolute atomic E-state index is 2.40. The minimum absolute atomic E-state index is 1.20. The molecule has 0 aliphatic carbocycles. The van der Waals surface area contributed by atoms with Gasteiger partial charge in [0.1, 0.15) is 0 Å². The van der Waals surface area contributed by atoms with E-state index in [2.05, 4.69) is 171 Å². The summed E-state index contributed by atoms with van der Waals surface area (Å²) in [5.41, 5.74) is 8.79. The van der Waals surface area contributed by atoms with Gasteiger partial charge in [0, 0.05) is 0 Å². The third kappa shape index (κ3) is 4.40. The van der Waals surface area contributed by atoms with Crippen molar-refractivity contribution in [3.8, 4) is 22.3 Å². The first kappa shape index (κ1) is 25.3. The summed E-state index contributed by atoms with van der Waals surface area (Å²) in [5, 5.41) is 10.2. The average Bonchev–Trinajstić information content (AvgIpc) is 3.08. The zero-order chi connectivity index (χ0) is 28.8. The second-order valence-electron chi connectivity index (χ2n) is 11.4. The van der Waals surface area contributed by atoms with Crippen molar-refractivity contribution in [1.29, 1.82) is 0 Å². The van der Waals surface area contributed by atoms with Crippen LogP contribution < -0.4 is 0 Å². The summed E-state index contributed by atoms with van der Waals surface area (Å²) in [5.74, 6) is 0. The summed E-state index contributed by atoms with van der Waals surface area (Å²) in [6, 6.07) is 55.1. The highest BCUT2D eigenvalue weighted by molar-refractivity contribution is 6.15. The highest BCUT2D eigenvalue weighted by Gasteiger charge is 2.14. The van der Waals surface area contributed by atoms with Crippen LogP contribution in [0.3, 0.4) is 0 Å². The summed E-state index contributed by atoms with van der Waals surface area (Å²) < 4.78 is 0. The fourth-order valence-electron chi connectivity index (χ4n) is 6.69. The number of aryl methyl sites for hydroxylation is 1.